The Labute approximate surface area is 149 Å². The first-order valence-corrected chi connectivity index (χ1v) is 7.81. The zero-order chi connectivity index (χ0) is 17.6. The lowest BCUT2D eigenvalue weighted by Crippen LogP contribution is -2.31. The third-order valence-corrected chi connectivity index (χ3v) is 3.66. The van der Waals surface area contributed by atoms with Gasteiger partial charge in [-0.15, -0.1) is 0 Å². The van der Waals surface area contributed by atoms with Crippen LogP contribution in [0.5, 0.6) is 11.5 Å². The Kier molecular flexibility index (Phi) is 5.10. The standard InChI is InChI=1S/C17H15N3O4S/c21-16(22)13-4-1-11(2-5-13)9-19-20-17(25)18-8-12-3-6-14-15(7-12)24-10-23-14/h1-7,9H,8,10H2,(H,21,22)(H2,18,20,25)/b19-9-. The van der Waals surface area contributed by atoms with E-state index in [1.165, 1.54) is 12.1 Å². The van der Waals surface area contributed by atoms with Gasteiger partial charge in [0.25, 0.3) is 0 Å². The van der Waals surface area contributed by atoms with E-state index in [0.29, 0.717) is 11.7 Å². The van der Waals surface area contributed by atoms with Crippen LogP contribution in [0.15, 0.2) is 47.6 Å². The lowest BCUT2D eigenvalue weighted by molar-refractivity contribution is 0.0697. The van der Waals surface area contributed by atoms with Crippen molar-refractivity contribution in [3.8, 4) is 11.5 Å². The van der Waals surface area contributed by atoms with Crippen molar-refractivity contribution in [1.29, 1.82) is 0 Å². The Balaban J connectivity index is 1.47. The average molecular weight is 357 g/mol. The fourth-order valence-corrected chi connectivity index (χ4v) is 2.27. The van der Waals surface area contributed by atoms with Gasteiger partial charge in [-0.1, -0.05) is 18.2 Å². The van der Waals surface area contributed by atoms with Crippen LogP contribution in [0.1, 0.15) is 21.5 Å². The van der Waals surface area contributed by atoms with E-state index in [0.717, 1.165) is 22.6 Å². The number of thiocarbonyl (C=S) groups is 1. The minimum absolute atomic E-state index is 0.228. The molecule has 0 saturated heterocycles. The number of fused-ring (bicyclic) bond motifs is 1. The predicted molar refractivity (Wildman–Crippen MR) is 96.1 cm³/mol. The van der Waals surface area contributed by atoms with Crippen LogP contribution < -0.4 is 20.2 Å². The Bertz CT molecular complexity index is 821. The first-order chi connectivity index (χ1) is 12.1. The first kappa shape index (κ1) is 16.7. The molecular weight excluding hydrogens is 342 g/mol. The molecule has 0 fully saturated rings. The van der Waals surface area contributed by atoms with Crippen molar-refractivity contribution >= 4 is 29.5 Å². The fraction of sp³-hybridized carbons (Fsp3) is 0.118. The second-order valence-corrected chi connectivity index (χ2v) is 5.58. The zero-order valence-electron chi connectivity index (χ0n) is 13.1. The van der Waals surface area contributed by atoms with Crippen LogP contribution in [0.2, 0.25) is 0 Å². The highest BCUT2D eigenvalue weighted by atomic mass is 32.1. The molecule has 0 aromatic heterocycles. The van der Waals surface area contributed by atoms with Gasteiger partial charge in [-0.05, 0) is 47.6 Å². The summed E-state index contributed by atoms with van der Waals surface area (Å²) < 4.78 is 10.6. The van der Waals surface area contributed by atoms with Gasteiger partial charge in [0.1, 0.15) is 0 Å². The van der Waals surface area contributed by atoms with Gasteiger partial charge in [-0.2, -0.15) is 5.10 Å². The van der Waals surface area contributed by atoms with E-state index in [1.807, 2.05) is 18.2 Å². The molecule has 7 nitrogen and oxygen atoms in total. The van der Waals surface area contributed by atoms with Gasteiger partial charge < -0.3 is 19.9 Å². The van der Waals surface area contributed by atoms with E-state index in [-0.39, 0.29) is 12.4 Å². The number of carboxylic acids is 1. The van der Waals surface area contributed by atoms with Crippen LogP contribution in [0.4, 0.5) is 0 Å². The van der Waals surface area contributed by atoms with Crippen molar-refractivity contribution in [2.24, 2.45) is 5.10 Å². The van der Waals surface area contributed by atoms with Crippen LogP contribution in [-0.2, 0) is 6.54 Å². The van der Waals surface area contributed by atoms with Crippen LogP contribution in [0.25, 0.3) is 0 Å². The fourth-order valence-electron chi connectivity index (χ4n) is 2.15. The Morgan fingerprint density at radius 2 is 1.96 bits per heavy atom. The molecule has 0 aliphatic carbocycles. The summed E-state index contributed by atoms with van der Waals surface area (Å²) in [5.74, 6) is 0.500. The van der Waals surface area contributed by atoms with E-state index in [9.17, 15) is 4.79 Å². The summed E-state index contributed by atoms with van der Waals surface area (Å²) in [5, 5.41) is 16.3. The summed E-state index contributed by atoms with van der Waals surface area (Å²) in [5.41, 5.74) is 4.70. The van der Waals surface area contributed by atoms with Gasteiger partial charge in [0.15, 0.2) is 16.6 Å². The average Bonchev–Trinajstić information content (AvgIpc) is 3.08. The molecule has 0 bridgehead atoms. The summed E-state index contributed by atoms with van der Waals surface area (Å²) in [7, 11) is 0. The maximum atomic E-state index is 10.8. The molecule has 2 aromatic rings. The number of hydrazone groups is 1. The molecule has 25 heavy (non-hydrogen) atoms. The highest BCUT2D eigenvalue weighted by Gasteiger charge is 2.12. The van der Waals surface area contributed by atoms with Crippen LogP contribution in [-0.4, -0.2) is 29.2 Å². The van der Waals surface area contributed by atoms with E-state index in [2.05, 4.69) is 15.8 Å². The molecule has 0 amide bonds. The number of carboxylic acid groups (broad SMARTS) is 1. The number of hydrogen-bond acceptors (Lipinski definition) is 5. The summed E-state index contributed by atoms with van der Waals surface area (Å²) in [6.07, 6.45) is 1.56. The van der Waals surface area contributed by atoms with Crippen LogP contribution >= 0.6 is 12.2 Å². The number of aromatic carboxylic acids is 1. The summed E-state index contributed by atoms with van der Waals surface area (Å²) in [6, 6.07) is 12.0. The van der Waals surface area contributed by atoms with Crippen molar-refractivity contribution in [3.05, 3.63) is 59.2 Å². The van der Waals surface area contributed by atoms with Crippen LogP contribution in [0.3, 0.4) is 0 Å². The summed E-state index contributed by atoms with van der Waals surface area (Å²) >= 11 is 5.15. The first-order valence-electron chi connectivity index (χ1n) is 7.40. The Hall–Kier alpha value is -3.13. The molecule has 3 N–H and O–H groups in total. The Morgan fingerprint density at radius 1 is 1.20 bits per heavy atom. The smallest absolute Gasteiger partial charge is 0.335 e. The molecule has 1 aliphatic rings. The molecule has 8 heteroatoms. The summed E-state index contributed by atoms with van der Waals surface area (Å²) in [4.78, 5) is 10.8. The van der Waals surface area contributed by atoms with Gasteiger partial charge in [-0.25, -0.2) is 4.79 Å². The third kappa shape index (κ3) is 4.45. The van der Waals surface area contributed by atoms with E-state index in [4.69, 9.17) is 26.8 Å². The number of hydrogen-bond donors (Lipinski definition) is 3. The molecule has 0 spiro atoms. The number of ether oxygens (including phenoxy) is 2. The molecule has 0 radical (unpaired) electrons. The zero-order valence-corrected chi connectivity index (χ0v) is 13.9. The second kappa shape index (κ2) is 7.63. The van der Waals surface area contributed by atoms with Crippen molar-refractivity contribution in [3.63, 3.8) is 0 Å². The van der Waals surface area contributed by atoms with Gasteiger partial charge in [0, 0.05) is 6.54 Å². The SMILES string of the molecule is O=C(O)c1ccc(/C=N\NC(=S)NCc2ccc3c(c2)OCO3)cc1. The Morgan fingerprint density at radius 3 is 2.72 bits per heavy atom. The molecule has 3 rings (SSSR count). The van der Waals surface area contributed by atoms with E-state index in [1.54, 1.807) is 18.3 Å². The number of nitrogens with zero attached hydrogens (tertiary/aromatic N) is 1. The summed E-state index contributed by atoms with van der Waals surface area (Å²) in [6.45, 7) is 0.764. The lowest BCUT2D eigenvalue weighted by Gasteiger charge is -2.07. The molecule has 2 aromatic carbocycles. The minimum Gasteiger partial charge on any atom is -0.478 e. The topological polar surface area (TPSA) is 92.2 Å². The monoisotopic (exact) mass is 357 g/mol. The maximum Gasteiger partial charge on any atom is 0.335 e. The van der Waals surface area contributed by atoms with Crippen molar-refractivity contribution in [2.45, 2.75) is 6.54 Å². The molecule has 0 unspecified atom stereocenters. The lowest BCUT2D eigenvalue weighted by atomic mass is 10.1. The van der Waals surface area contributed by atoms with E-state index < -0.39 is 5.97 Å². The van der Waals surface area contributed by atoms with Gasteiger partial charge in [0.2, 0.25) is 6.79 Å². The van der Waals surface area contributed by atoms with Gasteiger partial charge >= 0.3 is 5.97 Å². The van der Waals surface area contributed by atoms with E-state index >= 15 is 0 Å². The molecular formula is C17H15N3O4S. The quantitative estimate of drug-likeness (QED) is 0.429. The highest BCUT2D eigenvalue weighted by molar-refractivity contribution is 7.80. The van der Waals surface area contributed by atoms with Crippen LogP contribution in [0, 0.1) is 0 Å². The van der Waals surface area contributed by atoms with Gasteiger partial charge in [-0.3, -0.25) is 5.43 Å². The number of benzene rings is 2. The maximum absolute atomic E-state index is 10.8. The third-order valence-electron chi connectivity index (χ3n) is 3.43. The normalized spacial score (nSPS) is 12.2. The van der Waals surface area contributed by atoms with Crippen molar-refractivity contribution in [2.75, 3.05) is 6.79 Å². The molecule has 1 heterocycles. The molecule has 0 saturated carbocycles. The second-order valence-electron chi connectivity index (χ2n) is 5.17. The molecule has 0 atom stereocenters. The number of rotatable bonds is 5. The van der Waals surface area contributed by atoms with Crippen molar-refractivity contribution in [1.82, 2.24) is 10.7 Å². The highest BCUT2D eigenvalue weighted by Crippen LogP contribution is 2.32. The predicted octanol–water partition coefficient (Wildman–Crippen LogP) is 2.11. The number of nitrogens with one attached hydrogen (secondary N) is 2. The molecule has 1 aliphatic heterocycles. The van der Waals surface area contributed by atoms with Crippen molar-refractivity contribution < 1.29 is 19.4 Å². The number of carbonyl (C=O) groups is 1. The molecule has 128 valence electrons. The minimum atomic E-state index is -0.962. The largest absolute Gasteiger partial charge is 0.478 e. The van der Waals surface area contributed by atoms with Gasteiger partial charge in [0.05, 0.1) is 11.8 Å².